The van der Waals surface area contributed by atoms with Gasteiger partial charge < -0.3 is 10.5 Å². The SMILES string of the molecule is NC1COc2c(C(F)F)cccc21. The Hall–Kier alpha value is -1.16. The third-order valence-corrected chi connectivity index (χ3v) is 2.12. The van der Waals surface area contributed by atoms with E-state index in [2.05, 4.69) is 0 Å². The van der Waals surface area contributed by atoms with E-state index in [9.17, 15) is 8.78 Å². The average Bonchev–Trinajstić information content (AvgIpc) is 2.48. The van der Waals surface area contributed by atoms with Crippen LogP contribution < -0.4 is 10.5 Å². The number of alkyl halides is 2. The maximum absolute atomic E-state index is 12.4. The molecule has 1 heterocycles. The van der Waals surface area contributed by atoms with E-state index >= 15 is 0 Å². The van der Waals surface area contributed by atoms with Crippen molar-refractivity contribution in [2.75, 3.05) is 6.61 Å². The van der Waals surface area contributed by atoms with Crippen molar-refractivity contribution in [1.29, 1.82) is 0 Å². The number of rotatable bonds is 1. The smallest absolute Gasteiger partial charge is 0.267 e. The van der Waals surface area contributed by atoms with Gasteiger partial charge in [-0.15, -0.1) is 0 Å². The van der Waals surface area contributed by atoms with Crippen LogP contribution in [-0.2, 0) is 0 Å². The van der Waals surface area contributed by atoms with Gasteiger partial charge in [-0.05, 0) is 6.07 Å². The van der Waals surface area contributed by atoms with Gasteiger partial charge in [-0.1, -0.05) is 12.1 Å². The van der Waals surface area contributed by atoms with Gasteiger partial charge in [0.15, 0.2) is 0 Å². The van der Waals surface area contributed by atoms with Gasteiger partial charge in [-0.25, -0.2) is 8.78 Å². The lowest BCUT2D eigenvalue weighted by Gasteiger charge is -2.05. The van der Waals surface area contributed by atoms with Gasteiger partial charge in [0.1, 0.15) is 12.4 Å². The fraction of sp³-hybridized carbons (Fsp3) is 0.333. The highest BCUT2D eigenvalue weighted by atomic mass is 19.3. The maximum atomic E-state index is 12.4. The summed E-state index contributed by atoms with van der Waals surface area (Å²) in [5, 5.41) is 0. The summed E-state index contributed by atoms with van der Waals surface area (Å²) in [6, 6.07) is 4.39. The van der Waals surface area contributed by atoms with Crippen molar-refractivity contribution in [1.82, 2.24) is 0 Å². The molecule has 4 heteroatoms. The Morgan fingerprint density at radius 2 is 2.23 bits per heavy atom. The quantitative estimate of drug-likeness (QED) is 0.726. The Morgan fingerprint density at radius 3 is 2.92 bits per heavy atom. The first-order chi connectivity index (χ1) is 6.20. The van der Waals surface area contributed by atoms with Gasteiger partial charge in [0.05, 0.1) is 11.6 Å². The predicted molar refractivity (Wildman–Crippen MR) is 43.8 cm³/mol. The van der Waals surface area contributed by atoms with Gasteiger partial charge in [0, 0.05) is 5.56 Å². The van der Waals surface area contributed by atoms with Crippen molar-refractivity contribution in [2.24, 2.45) is 5.73 Å². The van der Waals surface area contributed by atoms with E-state index in [0.29, 0.717) is 12.2 Å². The van der Waals surface area contributed by atoms with E-state index in [-0.39, 0.29) is 17.4 Å². The molecule has 13 heavy (non-hydrogen) atoms. The first-order valence-corrected chi connectivity index (χ1v) is 3.99. The van der Waals surface area contributed by atoms with Crippen molar-refractivity contribution in [3.63, 3.8) is 0 Å². The highest BCUT2D eigenvalue weighted by molar-refractivity contribution is 5.46. The zero-order valence-electron chi connectivity index (χ0n) is 6.84. The fourth-order valence-corrected chi connectivity index (χ4v) is 1.47. The normalized spacial score (nSPS) is 20.2. The summed E-state index contributed by atoms with van der Waals surface area (Å²) >= 11 is 0. The largest absolute Gasteiger partial charge is 0.491 e. The van der Waals surface area contributed by atoms with E-state index in [1.54, 1.807) is 12.1 Å². The molecule has 2 rings (SSSR count). The topological polar surface area (TPSA) is 35.2 Å². The van der Waals surface area contributed by atoms with Crippen LogP contribution in [0.5, 0.6) is 5.75 Å². The summed E-state index contributed by atoms with van der Waals surface area (Å²) < 4.78 is 30.0. The van der Waals surface area contributed by atoms with Crippen molar-refractivity contribution in [3.05, 3.63) is 29.3 Å². The molecule has 1 aliphatic heterocycles. The lowest BCUT2D eigenvalue weighted by Crippen LogP contribution is -2.10. The van der Waals surface area contributed by atoms with Crippen LogP contribution in [0.4, 0.5) is 8.78 Å². The second kappa shape index (κ2) is 2.96. The Morgan fingerprint density at radius 1 is 1.46 bits per heavy atom. The van der Waals surface area contributed by atoms with Gasteiger partial charge in [0.2, 0.25) is 0 Å². The Bertz CT molecular complexity index is 327. The molecule has 1 atom stereocenters. The molecule has 0 aliphatic carbocycles. The average molecular weight is 185 g/mol. The number of hydrogen-bond acceptors (Lipinski definition) is 2. The standard InChI is InChI=1S/C9H9F2NO/c10-9(11)6-3-1-2-5-7(12)4-13-8(5)6/h1-3,7,9H,4,12H2. The second-order valence-corrected chi connectivity index (χ2v) is 2.98. The number of nitrogens with two attached hydrogens (primary N) is 1. The van der Waals surface area contributed by atoms with Crippen LogP contribution in [0, 0.1) is 0 Å². The van der Waals surface area contributed by atoms with Crippen LogP contribution in [0.3, 0.4) is 0 Å². The van der Waals surface area contributed by atoms with E-state index in [4.69, 9.17) is 10.5 Å². The van der Waals surface area contributed by atoms with Gasteiger partial charge in [-0.2, -0.15) is 0 Å². The Labute approximate surface area is 74.3 Å². The number of para-hydroxylation sites is 1. The number of benzene rings is 1. The van der Waals surface area contributed by atoms with Gasteiger partial charge >= 0.3 is 0 Å². The first kappa shape index (κ1) is 8.44. The number of halogens is 2. The highest BCUT2D eigenvalue weighted by Crippen LogP contribution is 2.38. The molecule has 0 saturated carbocycles. The lowest BCUT2D eigenvalue weighted by molar-refractivity contribution is 0.146. The molecule has 0 aromatic heterocycles. The summed E-state index contributed by atoms with van der Waals surface area (Å²) in [6.45, 7) is 0.291. The van der Waals surface area contributed by atoms with Crippen LogP contribution in [-0.4, -0.2) is 6.61 Å². The number of ether oxygens (including phenoxy) is 1. The molecular weight excluding hydrogens is 176 g/mol. The molecule has 2 N–H and O–H groups in total. The molecule has 0 bridgehead atoms. The highest BCUT2D eigenvalue weighted by Gasteiger charge is 2.26. The van der Waals surface area contributed by atoms with Crippen LogP contribution in [0.25, 0.3) is 0 Å². The number of hydrogen-bond donors (Lipinski definition) is 1. The molecule has 0 spiro atoms. The third kappa shape index (κ3) is 1.27. The minimum atomic E-state index is -2.50. The molecule has 2 nitrogen and oxygen atoms in total. The summed E-state index contributed by atoms with van der Waals surface area (Å²) in [5.74, 6) is 0.269. The molecule has 1 aliphatic rings. The second-order valence-electron chi connectivity index (χ2n) is 2.98. The zero-order valence-corrected chi connectivity index (χ0v) is 6.84. The van der Waals surface area contributed by atoms with E-state index in [1.807, 2.05) is 0 Å². The Kier molecular flexibility index (Phi) is 1.92. The molecule has 1 aromatic carbocycles. The summed E-state index contributed by atoms with van der Waals surface area (Å²) in [6.07, 6.45) is -2.50. The predicted octanol–water partition coefficient (Wildman–Crippen LogP) is 2.02. The van der Waals surface area contributed by atoms with Crippen LogP contribution in [0.15, 0.2) is 18.2 Å². The third-order valence-electron chi connectivity index (χ3n) is 2.12. The van der Waals surface area contributed by atoms with E-state index < -0.39 is 6.43 Å². The molecule has 0 amide bonds. The summed E-state index contributed by atoms with van der Waals surface area (Å²) in [7, 11) is 0. The molecule has 0 saturated heterocycles. The van der Waals surface area contributed by atoms with Gasteiger partial charge in [0.25, 0.3) is 6.43 Å². The van der Waals surface area contributed by atoms with Gasteiger partial charge in [-0.3, -0.25) is 0 Å². The van der Waals surface area contributed by atoms with Crippen molar-refractivity contribution >= 4 is 0 Å². The van der Waals surface area contributed by atoms with Crippen LogP contribution in [0.2, 0.25) is 0 Å². The van der Waals surface area contributed by atoms with E-state index in [0.717, 1.165) is 0 Å². The first-order valence-electron chi connectivity index (χ1n) is 3.99. The Balaban J connectivity index is 2.51. The molecule has 1 unspecified atom stereocenters. The summed E-state index contributed by atoms with van der Waals surface area (Å²) in [4.78, 5) is 0. The number of fused-ring (bicyclic) bond motifs is 1. The van der Waals surface area contributed by atoms with Crippen molar-refractivity contribution < 1.29 is 13.5 Å². The minimum absolute atomic E-state index is 0.0644. The molecule has 0 fully saturated rings. The zero-order chi connectivity index (χ0) is 9.42. The van der Waals surface area contributed by atoms with Crippen LogP contribution >= 0.6 is 0 Å². The monoisotopic (exact) mass is 185 g/mol. The van der Waals surface area contributed by atoms with Crippen LogP contribution in [0.1, 0.15) is 23.6 Å². The maximum Gasteiger partial charge on any atom is 0.267 e. The van der Waals surface area contributed by atoms with Crippen molar-refractivity contribution in [2.45, 2.75) is 12.5 Å². The van der Waals surface area contributed by atoms with E-state index in [1.165, 1.54) is 6.07 Å². The summed E-state index contributed by atoms with van der Waals surface area (Å²) in [5.41, 5.74) is 6.26. The fourth-order valence-electron chi connectivity index (χ4n) is 1.47. The minimum Gasteiger partial charge on any atom is -0.491 e. The molecular formula is C9H9F2NO. The molecule has 1 aromatic rings. The molecule has 70 valence electrons. The van der Waals surface area contributed by atoms with Crippen molar-refractivity contribution in [3.8, 4) is 5.75 Å². The molecule has 0 radical (unpaired) electrons. The lowest BCUT2D eigenvalue weighted by atomic mass is 10.1.